The molecule has 1 heterocycles. The first-order valence-corrected chi connectivity index (χ1v) is 3.23. The standard InChI is InChI=1S/C6H11NO2.K/c8-5-4-7-3-1-2-6(7)9;/h8H,1-5H2;/q;+1. The van der Waals surface area contributed by atoms with Crippen LogP contribution >= 0.6 is 0 Å². The van der Waals surface area contributed by atoms with Crippen molar-refractivity contribution in [3.63, 3.8) is 0 Å². The van der Waals surface area contributed by atoms with Crippen LogP contribution in [0.2, 0.25) is 0 Å². The number of hydrogen-bond acceptors (Lipinski definition) is 2. The van der Waals surface area contributed by atoms with Crippen LogP contribution in [0.1, 0.15) is 12.8 Å². The summed E-state index contributed by atoms with van der Waals surface area (Å²) in [5.41, 5.74) is 0. The normalized spacial score (nSPS) is 17.3. The summed E-state index contributed by atoms with van der Waals surface area (Å²) in [6.45, 7) is 1.43. The third-order valence-electron chi connectivity index (χ3n) is 1.54. The minimum Gasteiger partial charge on any atom is -0.395 e. The van der Waals surface area contributed by atoms with Crippen molar-refractivity contribution in [1.82, 2.24) is 4.90 Å². The fourth-order valence-electron chi connectivity index (χ4n) is 1.06. The van der Waals surface area contributed by atoms with Crippen molar-refractivity contribution in [2.75, 3.05) is 19.7 Å². The van der Waals surface area contributed by atoms with Crippen LogP contribution in [0.25, 0.3) is 0 Å². The Hall–Kier alpha value is 1.07. The molecule has 1 amide bonds. The van der Waals surface area contributed by atoms with Gasteiger partial charge in [0, 0.05) is 19.5 Å². The van der Waals surface area contributed by atoms with Gasteiger partial charge in [0.25, 0.3) is 0 Å². The maximum absolute atomic E-state index is 10.8. The Kier molecular flexibility index (Phi) is 6.29. The van der Waals surface area contributed by atoms with Crippen LogP contribution in [-0.4, -0.2) is 35.6 Å². The van der Waals surface area contributed by atoms with Gasteiger partial charge in [-0.3, -0.25) is 4.79 Å². The molecule has 1 N–H and O–H groups in total. The number of aliphatic hydroxyl groups is 1. The van der Waals surface area contributed by atoms with Crippen LogP contribution in [0.5, 0.6) is 0 Å². The Labute approximate surface area is 103 Å². The molecular weight excluding hydrogens is 157 g/mol. The van der Waals surface area contributed by atoms with Gasteiger partial charge in [-0.2, -0.15) is 0 Å². The number of carbonyl (C=O) groups is 1. The molecule has 0 saturated carbocycles. The molecule has 0 atom stereocenters. The molecule has 1 aliphatic rings. The zero-order valence-electron chi connectivity index (χ0n) is 6.34. The van der Waals surface area contributed by atoms with Gasteiger partial charge in [0.2, 0.25) is 5.91 Å². The maximum Gasteiger partial charge on any atom is 1.00 e. The fourth-order valence-corrected chi connectivity index (χ4v) is 1.06. The van der Waals surface area contributed by atoms with Gasteiger partial charge in [0.05, 0.1) is 6.61 Å². The molecule has 0 radical (unpaired) electrons. The molecule has 1 saturated heterocycles. The van der Waals surface area contributed by atoms with E-state index in [0.717, 1.165) is 13.0 Å². The molecule has 3 nitrogen and oxygen atoms in total. The van der Waals surface area contributed by atoms with E-state index in [2.05, 4.69) is 0 Å². The summed E-state index contributed by atoms with van der Waals surface area (Å²) in [6, 6.07) is 0. The predicted molar refractivity (Wildman–Crippen MR) is 32.9 cm³/mol. The van der Waals surface area contributed by atoms with Gasteiger partial charge in [0.1, 0.15) is 0 Å². The van der Waals surface area contributed by atoms with Crippen LogP contribution < -0.4 is 51.4 Å². The smallest absolute Gasteiger partial charge is 0.395 e. The Morgan fingerprint density at radius 3 is 2.70 bits per heavy atom. The van der Waals surface area contributed by atoms with Gasteiger partial charge in [-0.25, -0.2) is 0 Å². The number of rotatable bonds is 2. The summed E-state index contributed by atoms with van der Waals surface area (Å²) < 4.78 is 0. The van der Waals surface area contributed by atoms with E-state index < -0.39 is 0 Å². The van der Waals surface area contributed by atoms with Gasteiger partial charge in [-0.05, 0) is 6.42 Å². The Bertz CT molecular complexity index is 118. The quantitative estimate of drug-likeness (QED) is 0.437. The zero-order valence-corrected chi connectivity index (χ0v) is 9.46. The third-order valence-corrected chi connectivity index (χ3v) is 1.54. The summed E-state index contributed by atoms with van der Waals surface area (Å²) in [5, 5.41) is 8.45. The number of β-amino-alcohol motifs (C(OH)–C–C–N with tert-alkyl or cyclic N) is 1. The van der Waals surface area contributed by atoms with E-state index in [-0.39, 0.29) is 63.9 Å². The number of hydrogen-bond donors (Lipinski definition) is 1. The summed E-state index contributed by atoms with van der Waals surface area (Å²) in [6.07, 6.45) is 1.62. The minimum absolute atomic E-state index is 0. The third kappa shape index (κ3) is 2.98. The second kappa shape index (κ2) is 5.68. The molecule has 0 aromatic carbocycles. The number of carbonyl (C=O) groups excluding carboxylic acids is 1. The molecule has 0 aromatic rings. The van der Waals surface area contributed by atoms with Crippen molar-refractivity contribution in [2.45, 2.75) is 12.8 Å². The van der Waals surface area contributed by atoms with E-state index in [0.29, 0.717) is 13.0 Å². The van der Waals surface area contributed by atoms with E-state index >= 15 is 0 Å². The molecule has 4 heteroatoms. The second-order valence-electron chi connectivity index (χ2n) is 2.21. The summed E-state index contributed by atoms with van der Waals surface area (Å²) in [4.78, 5) is 12.5. The Morgan fingerprint density at radius 1 is 1.60 bits per heavy atom. The van der Waals surface area contributed by atoms with E-state index in [1.165, 1.54) is 0 Å². The van der Waals surface area contributed by atoms with Crippen molar-refractivity contribution < 1.29 is 61.3 Å². The molecule has 0 unspecified atom stereocenters. The average molecular weight is 168 g/mol. The zero-order chi connectivity index (χ0) is 6.69. The SMILES string of the molecule is O=C1CCCN1CCO.[K+]. The molecule has 0 bridgehead atoms. The summed E-state index contributed by atoms with van der Waals surface area (Å²) in [5.74, 6) is 0.184. The van der Waals surface area contributed by atoms with Crippen LogP contribution in [0.3, 0.4) is 0 Å². The molecule has 52 valence electrons. The van der Waals surface area contributed by atoms with Gasteiger partial charge < -0.3 is 10.0 Å². The van der Waals surface area contributed by atoms with Crippen LogP contribution in [0, 0.1) is 0 Å². The second-order valence-corrected chi connectivity index (χ2v) is 2.21. The van der Waals surface area contributed by atoms with Crippen molar-refractivity contribution in [2.24, 2.45) is 0 Å². The van der Waals surface area contributed by atoms with Crippen LogP contribution in [0.4, 0.5) is 0 Å². The molecule has 0 spiro atoms. The van der Waals surface area contributed by atoms with E-state index in [4.69, 9.17) is 5.11 Å². The molecule has 1 rings (SSSR count). The van der Waals surface area contributed by atoms with E-state index in [1.54, 1.807) is 4.90 Å². The van der Waals surface area contributed by atoms with Gasteiger partial charge in [-0.15, -0.1) is 0 Å². The van der Waals surface area contributed by atoms with Gasteiger partial charge >= 0.3 is 51.4 Å². The first-order valence-electron chi connectivity index (χ1n) is 3.23. The van der Waals surface area contributed by atoms with E-state index in [9.17, 15) is 4.79 Å². The molecule has 10 heavy (non-hydrogen) atoms. The molecule has 0 aromatic heterocycles. The largest absolute Gasteiger partial charge is 1.00 e. The van der Waals surface area contributed by atoms with Gasteiger partial charge in [0.15, 0.2) is 0 Å². The number of likely N-dealkylation sites (tertiary alicyclic amines) is 1. The van der Waals surface area contributed by atoms with Crippen LogP contribution in [-0.2, 0) is 4.79 Å². The monoisotopic (exact) mass is 168 g/mol. The van der Waals surface area contributed by atoms with Crippen LogP contribution in [0.15, 0.2) is 0 Å². The Balaban J connectivity index is 0.000000810. The van der Waals surface area contributed by atoms with Crippen molar-refractivity contribution in [3.05, 3.63) is 0 Å². The number of aliphatic hydroxyl groups excluding tert-OH is 1. The molecular formula is C6H11KNO2+. The number of amides is 1. The topological polar surface area (TPSA) is 40.5 Å². The number of nitrogens with zero attached hydrogens (tertiary/aromatic N) is 1. The van der Waals surface area contributed by atoms with Crippen molar-refractivity contribution in [1.29, 1.82) is 0 Å². The summed E-state index contributed by atoms with van der Waals surface area (Å²) in [7, 11) is 0. The first-order chi connectivity index (χ1) is 4.34. The first kappa shape index (κ1) is 11.1. The Morgan fingerprint density at radius 2 is 2.30 bits per heavy atom. The van der Waals surface area contributed by atoms with Gasteiger partial charge in [-0.1, -0.05) is 0 Å². The molecule has 1 fully saturated rings. The molecule has 1 aliphatic heterocycles. The predicted octanol–water partition coefficient (Wildman–Crippen LogP) is -3.39. The van der Waals surface area contributed by atoms with Crippen molar-refractivity contribution in [3.8, 4) is 0 Å². The summed E-state index contributed by atoms with van der Waals surface area (Å²) >= 11 is 0. The fraction of sp³-hybridized carbons (Fsp3) is 0.833. The maximum atomic E-state index is 10.8. The van der Waals surface area contributed by atoms with E-state index in [1.807, 2.05) is 0 Å². The van der Waals surface area contributed by atoms with Crippen molar-refractivity contribution >= 4 is 5.91 Å². The minimum atomic E-state index is 0. The average Bonchev–Trinajstić information content (AvgIpc) is 2.18. The molecule has 0 aliphatic carbocycles.